The Hall–Kier alpha value is -2.55. The fourth-order valence-electron chi connectivity index (χ4n) is 2.36. The Morgan fingerprint density at radius 1 is 1.09 bits per heavy atom. The summed E-state index contributed by atoms with van der Waals surface area (Å²) in [6.45, 7) is 7.06. The maximum atomic E-state index is 12.3. The van der Waals surface area contributed by atoms with Gasteiger partial charge in [0.05, 0.1) is 0 Å². The van der Waals surface area contributed by atoms with Crippen molar-refractivity contribution in [2.75, 3.05) is 18.4 Å². The predicted octanol–water partition coefficient (Wildman–Crippen LogP) is 3.57. The van der Waals surface area contributed by atoms with E-state index < -0.39 is 0 Å². The molecule has 0 bridgehead atoms. The van der Waals surface area contributed by atoms with Crippen LogP contribution in [0, 0.1) is 6.92 Å². The number of allylic oxidation sites excluding steroid dienone is 1. The summed E-state index contributed by atoms with van der Waals surface area (Å²) >= 11 is 0. The monoisotopic (exact) mass is 294 g/mol. The van der Waals surface area contributed by atoms with Crippen molar-refractivity contribution in [2.24, 2.45) is 0 Å². The second-order valence-electron chi connectivity index (χ2n) is 5.14. The van der Waals surface area contributed by atoms with Crippen LogP contribution in [-0.2, 0) is 6.42 Å². The average Bonchev–Trinajstić information content (AvgIpc) is 2.54. The van der Waals surface area contributed by atoms with Gasteiger partial charge < -0.3 is 10.6 Å². The van der Waals surface area contributed by atoms with E-state index in [0.717, 1.165) is 22.4 Å². The van der Waals surface area contributed by atoms with E-state index in [1.807, 2.05) is 61.5 Å². The molecule has 0 spiro atoms. The molecule has 0 atom stereocenters. The zero-order chi connectivity index (χ0) is 15.8. The van der Waals surface area contributed by atoms with E-state index in [2.05, 4.69) is 17.2 Å². The van der Waals surface area contributed by atoms with Gasteiger partial charge in [0.25, 0.3) is 5.91 Å². The van der Waals surface area contributed by atoms with Crippen LogP contribution in [0.5, 0.6) is 0 Å². The van der Waals surface area contributed by atoms with Gasteiger partial charge in [0.2, 0.25) is 0 Å². The molecular formula is C19H22N2O. The molecule has 0 aromatic heterocycles. The number of carbonyl (C=O) groups is 1. The third-order valence-electron chi connectivity index (χ3n) is 3.52. The molecule has 0 unspecified atom stereocenters. The topological polar surface area (TPSA) is 41.1 Å². The van der Waals surface area contributed by atoms with Gasteiger partial charge in [-0.2, -0.15) is 0 Å². The molecule has 0 aliphatic heterocycles. The number of nitrogens with one attached hydrogen (secondary N) is 2. The first kappa shape index (κ1) is 15.8. The number of hydrogen-bond acceptors (Lipinski definition) is 2. The SMILES string of the molecule is C=CCc1c(C)cccc1C(=O)NCCNc1ccccc1. The van der Waals surface area contributed by atoms with Crippen LogP contribution in [0.4, 0.5) is 5.69 Å². The van der Waals surface area contributed by atoms with E-state index in [-0.39, 0.29) is 5.91 Å². The summed E-state index contributed by atoms with van der Waals surface area (Å²) in [5.74, 6) is -0.0320. The first-order valence-corrected chi connectivity index (χ1v) is 7.49. The molecule has 114 valence electrons. The summed E-state index contributed by atoms with van der Waals surface area (Å²) in [6, 6.07) is 15.8. The maximum Gasteiger partial charge on any atom is 0.251 e. The van der Waals surface area contributed by atoms with E-state index in [1.54, 1.807) is 0 Å². The minimum Gasteiger partial charge on any atom is -0.383 e. The van der Waals surface area contributed by atoms with Gasteiger partial charge in [0.1, 0.15) is 0 Å². The van der Waals surface area contributed by atoms with Crippen LogP contribution < -0.4 is 10.6 Å². The molecule has 0 saturated carbocycles. The van der Waals surface area contributed by atoms with E-state index >= 15 is 0 Å². The number of rotatable bonds is 7. The Morgan fingerprint density at radius 2 is 1.86 bits per heavy atom. The van der Waals surface area contributed by atoms with Gasteiger partial charge in [-0.25, -0.2) is 0 Å². The van der Waals surface area contributed by atoms with Gasteiger partial charge in [-0.1, -0.05) is 36.4 Å². The molecule has 0 aliphatic rings. The van der Waals surface area contributed by atoms with Gasteiger partial charge in [-0.3, -0.25) is 4.79 Å². The maximum absolute atomic E-state index is 12.3. The molecule has 22 heavy (non-hydrogen) atoms. The summed E-state index contributed by atoms with van der Waals surface area (Å²) in [4.78, 5) is 12.3. The summed E-state index contributed by atoms with van der Waals surface area (Å²) in [5.41, 5.74) is 3.96. The summed E-state index contributed by atoms with van der Waals surface area (Å²) < 4.78 is 0. The van der Waals surface area contributed by atoms with Crippen molar-refractivity contribution in [3.63, 3.8) is 0 Å². The number of hydrogen-bond donors (Lipinski definition) is 2. The summed E-state index contributed by atoms with van der Waals surface area (Å²) in [5, 5.41) is 6.23. The van der Waals surface area contributed by atoms with Gasteiger partial charge in [0, 0.05) is 24.3 Å². The van der Waals surface area contributed by atoms with Crippen molar-refractivity contribution < 1.29 is 4.79 Å². The lowest BCUT2D eigenvalue weighted by atomic mass is 9.98. The Kier molecular flexibility index (Phi) is 5.78. The van der Waals surface area contributed by atoms with Crippen LogP contribution >= 0.6 is 0 Å². The van der Waals surface area contributed by atoms with Gasteiger partial charge in [0.15, 0.2) is 0 Å². The molecule has 1 amide bonds. The highest BCUT2D eigenvalue weighted by Gasteiger charge is 2.11. The number of para-hydroxylation sites is 1. The number of carbonyl (C=O) groups excluding carboxylic acids is 1. The molecule has 2 N–H and O–H groups in total. The lowest BCUT2D eigenvalue weighted by Crippen LogP contribution is -2.29. The molecule has 0 aliphatic carbocycles. The number of aryl methyl sites for hydroxylation is 1. The standard InChI is InChI=1S/C19H22N2O/c1-3-8-17-15(2)9-7-12-18(17)19(22)21-14-13-20-16-10-5-4-6-11-16/h3-7,9-12,20H,1,8,13-14H2,2H3,(H,21,22). The highest BCUT2D eigenvalue weighted by atomic mass is 16.1. The van der Waals surface area contributed by atoms with E-state index in [9.17, 15) is 4.79 Å². The molecule has 2 aromatic rings. The molecule has 0 heterocycles. The van der Waals surface area contributed by atoms with Gasteiger partial charge in [-0.05, 0) is 42.7 Å². The lowest BCUT2D eigenvalue weighted by Gasteiger charge is -2.12. The van der Waals surface area contributed by atoms with Crippen molar-refractivity contribution >= 4 is 11.6 Å². The van der Waals surface area contributed by atoms with Crippen LogP contribution in [0.15, 0.2) is 61.2 Å². The fraction of sp³-hybridized carbons (Fsp3) is 0.211. The highest BCUT2D eigenvalue weighted by Crippen LogP contribution is 2.15. The smallest absolute Gasteiger partial charge is 0.251 e. The van der Waals surface area contributed by atoms with E-state index in [0.29, 0.717) is 19.5 Å². The Labute approximate surface area is 132 Å². The third-order valence-corrected chi connectivity index (χ3v) is 3.52. The van der Waals surface area contributed by atoms with Crippen LogP contribution in [0.1, 0.15) is 21.5 Å². The summed E-state index contributed by atoms with van der Waals surface area (Å²) in [6.07, 6.45) is 2.54. The zero-order valence-corrected chi connectivity index (χ0v) is 12.9. The van der Waals surface area contributed by atoms with Crippen molar-refractivity contribution in [3.8, 4) is 0 Å². The molecule has 3 heteroatoms. The molecule has 3 nitrogen and oxygen atoms in total. The van der Waals surface area contributed by atoms with E-state index in [1.165, 1.54) is 0 Å². The molecule has 0 radical (unpaired) electrons. The van der Waals surface area contributed by atoms with Crippen LogP contribution in [0.3, 0.4) is 0 Å². The van der Waals surface area contributed by atoms with Crippen molar-refractivity contribution in [3.05, 3.63) is 77.9 Å². The number of anilines is 1. The van der Waals surface area contributed by atoms with Crippen molar-refractivity contribution in [2.45, 2.75) is 13.3 Å². The van der Waals surface area contributed by atoms with Crippen LogP contribution in [0.25, 0.3) is 0 Å². The molecular weight excluding hydrogens is 272 g/mol. The van der Waals surface area contributed by atoms with Crippen molar-refractivity contribution in [1.29, 1.82) is 0 Å². The molecule has 0 saturated heterocycles. The first-order valence-electron chi connectivity index (χ1n) is 7.49. The molecule has 0 fully saturated rings. The van der Waals surface area contributed by atoms with E-state index in [4.69, 9.17) is 0 Å². The normalized spacial score (nSPS) is 10.0. The largest absolute Gasteiger partial charge is 0.383 e. The lowest BCUT2D eigenvalue weighted by molar-refractivity contribution is 0.0954. The molecule has 2 rings (SSSR count). The Morgan fingerprint density at radius 3 is 2.59 bits per heavy atom. The first-order chi connectivity index (χ1) is 10.7. The Bertz CT molecular complexity index is 635. The van der Waals surface area contributed by atoms with Crippen molar-refractivity contribution in [1.82, 2.24) is 5.32 Å². The van der Waals surface area contributed by atoms with Crippen LogP contribution in [-0.4, -0.2) is 19.0 Å². The number of amides is 1. The predicted molar refractivity (Wildman–Crippen MR) is 92.3 cm³/mol. The second kappa shape index (κ2) is 8.03. The second-order valence-corrected chi connectivity index (χ2v) is 5.14. The minimum absolute atomic E-state index is 0.0320. The van der Waals surface area contributed by atoms with Gasteiger partial charge >= 0.3 is 0 Å². The third kappa shape index (κ3) is 4.22. The fourth-order valence-corrected chi connectivity index (χ4v) is 2.36. The summed E-state index contributed by atoms with van der Waals surface area (Å²) in [7, 11) is 0. The zero-order valence-electron chi connectivity index (χ0n) is 12.9. The quantitative estimate of drug-likeness (QED) is 0.605. The average molecular weight is 294 g/mol. The van der Waals surface area contributed by atoms with Gasteiger partial charge in [-0.15, -0.1) is 6.58 Å². The highest BCUT2D eigenvalue weighted by molar-refractivity contribution is 5.96. The van der Waals surface area contributed by atoms with Crippen LogP contribution in [0.2, 0.25) is 0 Å². The Balaban J connectivity index is 1.90. The number of benzene rings is 2. The molecule has 2 aromatic carbocycles. The minimum atomic E-state index is -0.0320.